The highest BCUT2D eigenvalue weighted by Gasteiger charge is 2.21. The molecule has 4 heterocycles. The topological polar surface area (TPSA) is 87.6 Å². The molecule has 0 bridgehead atoms. The number of amides is 1. The van der Waals surface area contributed by atoms with E-state index in [0.29, 0.717) is 33.8 Å². The minimum absolute atomic E-state index is 0.242. The van der Waals surface area contributed by atoms with Crippen LogP contribution >= 0.6 is 0 Å². The van der Waals surface area contributed by atoms with Gasteiger partial charge >= 0.3 is 0 Å². The number of furan rings is 1. The summed E-state index contributed by atoms with van der Waals surface area (Å²) in [5.74, 6) is 0.317. The highest BCUT2D eigenvalue weighted by Crippen LogP contribution is 2.29. The molecule has 4 aromatic rings. The average molecular weight is 446 g/mol. The number of likely N-dealkylation sites (N-methyl/N-ethyl adjacent to an activating group) is 1. The molecule has 1 aromatic carbocycles. The highest BCUT2D eigenvalue weighted by atomic mass is 16.5. The van der Waals surface area contributed by atoms with Gasteiger partial charge in [0.1, 0.15) is 5.69 Å². The van der Waals surface area contributed by atoms with Crippen LogP contribution in [0.2, 0.25) is 0 Å². The molecule has 1 fully saturated rings. The van der Waals surface area contributed by atoms with E-state index in [1.807, 2.05) is 13.0 Å². The lowest BCUT2D eigenvalue weighted by molar-refractivity contribution is 0.102. The van der Waals surface area contributed by atoms with Crippen molar-refractivity contribution in [2.45, 2.75) is 20.8 Å². The van der Waals surface area contributed by atoms with Gasteiger partial charge in [-0.2, -0.15) is 0 Å². The van der Waals surface area contributed by atoms with Gasteiger partial charge in [0.05, 0.1) is 22.9 Å². The van der Waals surface area contributed by atoms with Gasteiger partial charge in [-0.15, -0.1) is 0 Å². The monoisotopic (exact) mass is 445 g/mol. The summed E-state index contributed by atoms with van der Waals surface area (Å²) in [6.07, 6.45) is 1.57. The lowest BCUT2D eigenvalue weighted by Crippen LogP contribution is -2.46. The van der Waals surface area contributed by atoms with Gasteiger partial charge in [0.15, 0.2) is 5.76 Å². The zero-order valence-corrected chi connectivity index (χ0v) is 19.1. The van der Waals surface area contributed by atoms with Crippen LogP contribution in [-0.2, 0) is 0 Å². The van der Waals surface area contributed by atoms with E-state index in [-0.39, 0.29) is 5.91 Å². The fourth-order valence-corrected chi connectivity index (χ4v) is 4.32. The Balaban J connectivity index is 1.41. The second-order valence-corrected chi connectivity index (χ2v) is 8.36. The largest absolute Gasteiger partial charge is 0.463 e. The van der Waals surface area contributed by atoms with Crippen LogP contribution in [-0.4, -0.2) is 53.7 Å². The molecule has 1 aliphatic rings. The predicted molar refractivity (Wildman–Crippen MR) is 128 cm³/mol. The molecule has 3 aromatic heterocycles. The molecule has 1 amide bonds. The van der Waals surface area contributed by atoms with Gasteiger partial charge in [0.25, 0.3) is 11.6 Å². The van der Waals surface area contributed by atoms with Crippen LogP contribution in [0.15, 0.2) is 51.6 Å². The molecule has 0 atom stereocenters. The number of fused-ring (bicyclic) bond motifs is 1. The van der Waals surface area contributed by atoms with Crippen molar-refractivity contribution in [2.75, 3.05) is 42.9 Å². The Morgan fingerprint density at radius 2 is 1.94 bits per heavy atom. The number of nitrogens with one attached hydrogen (secondary N) is 1. The first-order valence-electron chi connectivity index (χ1n) is 11.2. The molecule has 0 aliphatic carbocycles. The van der Waals surface area contributed by atoms with Crippen molar-refractivity contribution in [3.63, 3.8) is 0 Å². The minimum Gasteiger partial charge on any atom is -0.463 e. The average Bonchev–Trinajstić information content (AvgIpc) is 3.50. The second-order valence-electron chi connectivity index (χ2n) is 8.36. The molecule has 1 N–H and O–H groups in total. The summed E-state index contributed by atoms with van der Waals surface area (Å²) in [6, 6.07) is 11.5. The Kier molecular flexibility index (Phi) is 5.60. The number of aryl methyl sites for hydroxylation is 2. The number of pyridine rings is 1. The number of aromatic nitrogens is 2. The van der Waals surface area contributed by atoms with Gasteiger partial charge in [-0.1, -0.05) is 12.1 Å². The first kappa shape index (κ1) is 21.2. The number of nitrogens with zero attached hydrogens (tertiary/aromatic N) is 4. The maximum absolute atomic E-state index is 13.4. The fraction of sp³-hybridized carbons (Fsp3) is 0.320. The van der Waals surface area contributed by atoms with Crippen LogP contribution in [0.25, 0.3) is 22.6 Å². The molecule has 8 nitrogen and oxygen atoms in total. The molecule has 1 saturated heterocycles. The zero-order valence-electron chi connectivity index (χ0n) is 19.1. The number of anilines is 2. The summed E-state index contributed by atoms with van der Waals surface area (Å²) in [4.78, 5) is 22.7. The third kappa shape index (κ3) is 4.09. The molecule has 5 rings (SSSR count). The number of hydrogen-bond acceptors (Lipinski definition) is 7. The number of carbonyl (C=O) groups is 1. The summed E-state index contributed by atoms with van der Waals surface area (Å²) in [5, 5.41) is 7.67. The number of hydrogen-bond donors (Lipinski definition) is 1. The Labute approximate surface area is 192 Å². The second kappa shape index (κ2) is 8.71. The Morgan fingerprint density at radius 1 is 1.12 bits per heavy atom. The number of benzene rings is 1. The van der Waals surface area contributed by atoms with E-state index in [0.717, 1.165) is 44.0 Å². The molecule has 170 valence electrons. The molecule has 0 unspecified atom stereocenters. The van der Waals surface area contributed by atoms with Crippen LogP contribution in [0.3, 0.4) is 0 Å². The van der Waals surface area contributed by atoms with Gasteiger partial charge in [0.2, 0.25) is 0 Å². The third-order valence-corrected chi connectivity index (χ3v) is 6.28. The molecule has 0 spiro atoms. The molecule has 33 heavy (non-hydrogen) atoms. The van der Waals surface area contributed by atoms with Gasteiger partial charge in [-0.25, -0.2) is 4.98 Å². The Morgan fingerprint density at radius 3 is 2.64 bits per heavy atom. The lowest BCUT2D eigenvalue weighted by Gasteiger charge is -2.35. The molecular formula is C25H27N5O3. The summed E-state index contributed by atoms with van der Waals surface area (Å²) in [6.45, 7) is 11.3. The lowest BCUT2D eigenvalue weighted by atomic mass is 10.1. The fourth-order valence-electron chi connectivity index (χ4n) is 4.32. The number of piperazine rings is 1. The van der Waals surface area contributed by atoms with Gasteiger partial charge < -0.3 is 24.1 Å². The SMILES string of the molecule is CCN1CCN(c2ccc(NC(=O)c3cc(-c4ccco4)nc4onc(C)c34)c(C)c2)CC1. The van der Waals surface area contributed by atoms with Gasteiger partial charge in [-0.3, -0.25) is 4.79 Å². The van der Waals surface area contributed by atoms with E-state index in [1.54, 1.807) is 31.4 Å². The standard InChI is InChI=1S/C25H27N5O3/c1-4-29-9-11-30(12-10-29)18-7-8-20(16(2)14-18)26-24(31)19-15-21(22-6-5-13-32-22)27-25-23(19)17(3)28-33-25/h5-8,13-15H,4,9-12H2,1-3H3,(H,26,31). The summed E-state index contributed by atoms with van der Waals surface area (Å²) < 4.78 is 10.8. The van der Waals surface area contributed by atoms with Crippen molar-refractivity contribution < 1.29 is 13.7 Å². The van der Waals surface area contributed by atoms with Crippen LogP contribution in [0.1, 0.15) is 28.5 Å². The summed E-state index contributed by atoms with van der Waals surface area (Å²) in [5.41, 5.74) is 4.86. The van der Waals surface area contributed by atoms with Crippen molar-refractivity contribution in [1.29, 1.82) is 0 Å². The molecular weight excluding hydrogens is 418 g/mol. The van der Waals surface area contributed by atoms with Crippen molar-refractivity contribution >= 4 is 28.4 Å². The molecule has 0 radical (unpaired) electrons. The van der Waals surface area contributed by atoms with E-state index >= 15 is 0 Å². The summed E-state index contributed by atoms with van der Waals surface area (Å²) >= 11 is 0. The first-order valence-corrected chi connectivity index (χ1v) is 11.2. The van der Waals surface area contributed by atoms with Crippen LogP contribution in [0.4, 0.5) is 11.4 Å². The van der Waals surface area contributed by atoms with Crippen molar-refractivity contribution in [1.82, 2.24) is 15.0 Å². The maximum atomic E-state index is 13.4. The van der Waals surface area contributed by atoms with Crippen LogP contribution in [0, 0.1) is 13.8 Å². The quantitative estimate of drug-likeness (QED) is 0.484. The Hall–Kier alpha value is -3.65. The first-order chi connectivity index (χ1) is 16.0. The minimum atomic E-state index is -0.242. The van der Waals surface area contributed by atoms with E-state index in [1.165, 1.54) is 5.69 Å². The van der Waals surface area contributed by atoms with Crippen LogP contribution < -0.4 is 10.2 Å². The highest BCUT2D eigenvalue weighted by molar-refractivity contribution is 6.13. The van der Waals surface area contributed by atoms with Gasteiger partial charge in [-0.05, 0) is 62.4 Å². The summed E-state index contributed by atoms with van der Waals surface area (Å²) in [7, 11) is 0. The number of carbonyl (C=O) groups excluding carboxylic acids is 1. The van der Waals surface area contributed by atoms with E-state index < -0.39 is 0 Å². The smallest absolute Gasteiger partial charge is 0.259 e. The van der Waals surface area contributed by atoms with E-state index in [2.05, 4.69) is 44.3 Å². The normalized spacial score (nSPS) is 14.7. The molecule has 0 saturated carbocycles. The van der Waals surface area contributed by atoms with Crippen molar-refractivity contribution in [3.05, 3.63) is 59.5 Å². The third-order valence-electron chi connectivity index (χ3n) is 6.28. The zero-order chi connectivity index (χ0) is 22.9. The predicted octanol–water partition coefficient (Wildman–Crippen LogP) is 4.49. The van der Waals surface area contributed by atoms with Crippen molar-refractivity contribution in [3.8, 4) is 11.5 Å². The van der Waals surface area contributed by atoms with Gasteiger partial charge in [0, 0.05) is 37.6 Å². The van der Waals surface area contributed by atoms with Crippen LogP contribution in [0.5, 0.6) is 0 Å². The Bertz CT molecular complexity index is 1290. The van der Waals surface area contributed by atoms with E-state index in [4.69, 9.17) is 8.94 Å². The maximum Gasteiger partial charge on any atom is 0.259 e. The molecule has 1 aliphatic heterocycles. The molecule has 8 heteroatoms. The van der Waals surface area contributed by atoms with E-state index in [9.17, 15) is 4.79 Å². The number of rotatable bonds is 5. The van der Waals surface area contributed by atoms with Crippen molar-refractivity contribution in [2.24, 2.45) is 0 Å².